The molecule has 0 fully saturated rings. The number of phenols is 1. The molecule has 0 radical (unpaired) electrons. The predicted molar refractivity (Wildman–Crippen MR) is 92.9 cm³/mol. The van der Waals surface area contributed by atoms with Gasteiger partial charge in [-0.05, 0) is 41.5 Å². The van der Waals surface area contributed by atoms with Gasteiger partial charge in [0, 0.05) is 19.7 Å². The average molecular weight is 327 g/mol. The molecule has 0 aliphatic carbocycles. The first-order valence-electron chi connectivity index (χ1n) is 7.54. The molecule has 2 aromatic carbocycles. The lowest BCUT2D eigenvalue weighted by atomic mass is 10.1. The largest absolute Gasteiger partial charge is 0.508 e. The quantitative estimate of drug-likeness (QED) is 0.767. The SMILES string of the molecule is COc1ccc([C@@H](CNC(=O)/C=C/c2ccc(O)cc2)OC)cc1. The number of carbonyl (C=O) groups excluding carboxylic acids is 1. The lowest BCUT2D eigenvalue weighted by Gasteiger charge is -2.16. The van der Waals surface area contributed by atoms with Gasteiger partial charge < -0.3 is 19.9 Å². The van der Waals surface area contributed by atoms with Gasteiger partial charge in [-0.1, -0.05) is 24.3 Å². The van der Waals surface area contributed by atoms with E-state index >= 15 is 0 Å². The summed E-state index contributed by atoms with van der Waals surface area (Å²) in [6.07, 6.45) is 2.90. The number of methoxy groups -OCH3 is 2. The fraction of sp³-hybridized carbons (Fsp3) is 0.211. The van der Waals surface area contributed by atoms with Gasteiger partial charge in [0.25, 0.3) is 0 Å². The van der Waals surface area contributed by atoms with E-state index in [1.54, 1.807) is 44.6 Å². The lowest BCUT2D eigenvalue weighted by Crippen LogP contribution is -2.27. The molecular formula is C19H21NO4. The fourth-order valence-corrected chi connectivity index (χ4v) is 2.17. The van der Waals surface area contributed by atoms with Gasteiger partial charge in [0.05, 0.1) is 13.2 Å². The predicted octanol–water partition coefficient (Wildman–Crippen LogP) is 2.92. The monoisotopic (exact) mass is 327 g/mol. The summed E-state index contributed by atoms with van der Waals surface area (Å²) in [5.74, 6) is 0.757. The zero-order valence-corrected chi connectivity index (χ0v) is 13.7. The average Bonchev–Trinajstić information content (AvgIpc) is 2.62. The van der Waals surface area contributed by atoms with Gasteiger partial charge in [-0.2, -0.15) is 0 Å². The molecule has 0 unspecified atom stereocenters. The maximum atomic E-state index is 11.9. The molecule has 0 heterocycles. The maximum Gasteiger partial charge on any atom is 0.244 e. The molecule has 0 spiro atoms. The van der Waals surface area contributed by atoms with Crippen molar-refractivity contribution in [2.24, 2.45) is 0 Å². The van der Waals surface area contributed by atoms with Crippen LogP contribution in [-0.2, 0) is 9.53 Å². The van der Waals surface area contributed by atoms with Crippen LogP contribution in [0, 0.1) is 0 Å². The Morgan fingerprint density at radius 3 is 2.38 bits per heavy atom. The summed E-state index contributed by atoms with van der Waals surface area (Å²) in [7, 11) is 3.22. The molecule has 126 valence electrons. The van der Waals surface area contributed by atoms with Crippen LogP contribution in [0.3, 0.4) is 0 Å². The van der Waals surface area contributed by atoms with E-state index in [4.69, 9.17) is 9.47 Å². The van der Waals surface area contributed by atoms with Crippen molar-refractivity contribution in [1.29, 1.82) is 0 Å². The van der Waals surface area contributed by atoms with Crippen LogP contribution in [0.15, 0.2) is 54.6 Å². The summed E-state index contributed by atoms with van der Waals surface area (Å²) in [4.78, 5) is 11.9. The van der Waals surface area contributed by atoms with Gasteiger partial charge in [-0.25, -0.2) is 0 Å². The highest BCUT2D eigenvalue weighted by Gasteiger charge is 2.11. The minimum atomic E-state index is -0.234. The van der Waals surface area contributed by atoms with Crippen molar-refractivity contribution in [2.45, 2.75) is 6.10 Å². The Labute approximate surface area is 141 Å². The number of phenolic OH excluding ortho intramolecular Hbond substituents is 1. The second kappa shape index (κ2) is 8.74. The number of ether oxygens (including phenoxy) is 2. The molecule has 2 N–H and O–H groups in total. The maximum absolute atomic E-state index is 11.9. The second-order valence-electron chi connectivity index (χ2n) is 5.17. The van der Waals surface area contributed by atoms with Crippen LogP contribution in [0.2, 0.25) is 0 Å². The molecule has 0 bridgehead atoms. The van der Waals surface area contributed by atoms with Gasteiger partial charge in [0.2, 0.25) is 5.91 Å². The molecular weight excluding hydrogens is 306 g/mol. The van der Waals surface area contributed by atoms with E-state index < -0.39 is 0 Å². The van der Waals surface area contributed by atoms with E-state index in [-0.39, 0.29) is 17.8 Å². The topological polar surface area (TPSA) is 67.8 Å². The number of benzene rings is 2. The van der Waals surface area contributed by atoms with Gasteiger partial charge >= 0.3 is 0 Å². The number of hydrogen-bond acceptors (Lipinski definition) is 4. The standard InChI is InChI=1S/C19H21NO4/c1-23-17-10-6-15(7-11-17)18(24-2)13-20-19(22)12-5-14-3-8-16(21)9-4-14/h3-12,18,21H,13H2,1-2H3,(H,20,22)/b12-5+/t18-/m1/s1. The summed E-state index contributed by atoms with van der Waals surface area (Å²) in [5, 5.41) is 12.0. The van der Waals surface area contributed by atoms with E-state index in [1.807, 2.05) is 24.3 Å². The molecule has 0 saturated heterocycles. The molecule has 24 heavy (non-hydrogen) atoms. The molecule has 1 amide bonds. The summed E-state index contributed by atoms with van der Waals surface area (Å²) >= 11 is 0. The Morgan fingerprint density at radius 2 is 1.79 bits per heavy atom. The number of amides is 1. The van der Waals surface area contributed by atoms with Crippen molar-refractivity contribution in [3.8, 4) is 11.5 Å². The summed E-state index contributed by atoms with van der Waals surface area (Å²) in [6.45, 7) is 0.363. The van der Waals surface area contributed by atoms with Crippen LogP contribution in [0.5, 0.6) is 11.5 Å². The highest BCUT2D eigenvalue weighted by atomic mass is 16.5. The third-order valence-corrected chi connectivity index (χ3v) is 3.55. The minimum absolute atomic E-state index is 0.194. The van der Waals surface area contributed by atoms with Crippen LogP contribution in [0.1, 0.15) is 17.2 Å². The Morgan fingerprint density at radius 1 is 1.12 bits per heavy atom. The van der Waals surface area contributed by atoms with Crippen LogP contribution in [-0.4, -0.2) is 31.8 Å². The molecule has 2 rings (SSSR count). The van der Waals surface area contributed by atoms with Gasteiger partial charge in [0.1, 0.15) is 11.5 Å². The number of hydrogen-bond donors (Lipinski definition) is 2. The molecule has 2 aromatic rings. The number of aromatic hydroxyl groups is 1. The second-order valence-corrected chi connectivity index (χ2v) is 5.17. The number of carbonyl (C=O) groups is 1. The summed E-state index contributed by atoms with van der Waals surface area (Å²) in [6, 6.07) is 14.1. The molecule has 0 aromatic heterocycles. The van der Waals surface area contributed by atoms with Crippen molar-refractivity contribution in [3.63, 3.8) is 0 Å². The summed E-state index contributed by atoms with van der Waals surface area (Å²) in [5.41, 5.74) is 1.79. The van der Waals surface area contributed by atoms with Crippen LogP contribution in [0.4, 0.5) is 0 Å². The molecule has 0 aliphatic heterocycles. The first kappa shape index (κ1) is 17.6. The van der Waals surface area contributed by atoms with E-state index in [1.165, 1.54) is 6.08 Å². The van der Waals surface area contributed by atoms with E-state index in [9.17, 15) is 9.90 Å². The van der Waals surface area contributed by atoms with Gasteiger partial charge in [0.15, 0.2) is 0 Å². The zero-order chi connectivity index (χ0) is 17.4. The Bertz CT molecular complexity index is 678. The first-order chi connectivity index (χ1) is 11.6. The lowest BCUT2D eigenvalue weighted by molar-refractivity contribution is -0.117. The first-order valence-corrected chi connectivity index (χ1v) is 7.54. The zero-order valence-electron chi connectivity index (χ0n) is 13.7. The molecule has 1 atom stereocenters. The Kier molecular flexibility index (Phi) is 6.40. The van der Waals surface area contributed by atoms with Crippen molar-refractivity contribution in [2.75, 3.05) is 20.8 Å². The Hall–Kier alpha value is -2.79. The third-order valence-electron chi connectivity index (χ3n) is 3.55. The molecule has 5 nitrogen and oxygen atoms in total. The van der Waals surface area contributed by atoms with E-state index in [2.05, 4.69) is 5.32 Å². The van der Waals surface area contributed by atoms with Crippen molar-refractivity contribution in [3.05, 3.63) is 65.7 Å². The van der Waals surface area contributed by atoms with Crippen LogP contribution >= 0.6 is 0 Å². The molecule has 0 saturated carbocycles. The smallest absolute Gasteiger partial charge is 0.244 e. The van der Waals surface area contributed by atoms with Crippen molar-refractivity contribution >= 4 is 12.0 Å². The summed E-state index contributed by atoms with van der Waals surface area (Å²) < 4.78 is 10.6. The highest BCUT2D eigenvalue weighted by Crippen LogP contribution is 2.19. The van der Waals surface area contributed by atoms with Crippen LogP contribution < -0.4 is 10.1 Å². The molecule has 5 heteroatoms. The van der Waals surface area contributed by atoms with Crippen molar-refractivity contribution < 1.29 is 19.4 Å². The van der Waals surface area contributed by atoms with Crippen LogP contribution in [0.25, 0.3) is 6.08 Å². The highest BCUT2D eigenvalue weighted by molar-refractivity contribution is 5.91. The minimum Gasteiger partial charge on any atom is -0.508 e. The number of rotatable bonds is 7. The van der Waals surface area contributed by atoms with E-state index in [0.29, 0.717) is 6.54 Å². The fourth-order valence-electron chi connectivity index (χ4n) is 2.17. The third kappa shape index (κ3) is 5.14. The van der Waals surface area contributed by atoms with Gasteiger partial charge in [-0.3, -0.25) is 4.79 Å². The van der Waals surface area contributed by atoms with E-state index in [0.717, 1.165) is 16.9 Å². The number of nitrogens with one attached hydrogen (secondary N) is 1. The van der Waals surface area contributed by atoms with Gasteiger partial charge in [-0.15, -0.1) is 0 Å². The molecule has 0 aliphatic rings. The normalized spacial score (nSPS) is 12.1. The van der Waals surface area contributed by atoms with Crippen molar-refractivity contribution in [1.82, 2.24) is 5.32 Å². The Balaban J connectivity index is 1.89.